The predicted octanol–water partition coefficient (Wildman–Crippen LogP) is 4.76. The monoisotopic (exact) mass is 587 g/mol. The second-order valence-electron chi connectivity index (χ2n) is 11.8. The van der Waals surface area contributed by atoms with Crippen molar-refractivity contribution in [1.29, 1.82) is 0 Å². The second kappa shape index (κ2) is 13.0. The van der Waals surface area contributed by atoms with Gasteiger partial charge in [0.1, 0.15) is 0 Å². The van der Waals surface area contributed by atoms with Crippen LogP contribution in [0.5, 0.6) is 0 Å². The summed E-state index contributed by atoms with van der Waals surface area (Å²) in [6, 6.07) is 17.2. The normalized spacial score (nSPS) is 20.4. The molecular formula is C31H42ClN3O4S. The number of likely N-dealkylation sites (tertiary alicyclic amines) is 2. The molecule has 3 fully saturated rings. The second-order valence-corrected chi connectivity index (χ2v) is 13.8. The molecule has 1 N–H and O–H groups in total. The molecule has 9 heteroatoms. The molecule has 2 aromatic rings. The van der Waals surface area contributed by atoms with Crippen LogP contribution in [-0.2, 0) is 26.0 Å². The fourth-order valence-electron chi connectivity index (χ4n) is 6.57. The Labute approximate surface area is 245 Å². The average molecular weight is 588 g/mol. The maximum Gasteiger partial charge on any atom is 0.229 e. The Morgan fingerprint density at radius 2 is 1.60 bits per heavy atom. The van der Waals surface area contributed by atoms with Crippen LogP contribution >= 0.6 is 12.4 Å². The van der Waals surface area contributed by atoms with Crippen LogP contribution in [0.1, 0.15) is 68.5 Å². The molecule has 40 heavy (non-hydrogen) atoms. The molecule has 2 heterocycles. The molecule has 1 unspecified atom stereocenters. The molecule has 2 amide bonds. The minimum absolute atomic E-state index is 0. The zero-order valence-electron chi connectivity index (χ0n) is 23.4. The number of hydrogen-bond acceptors (Lipinski definition) is 5. The van der Waals surface area contributed by atoms with Gasteiger partial charge in [0.15, 0.2) is 9.84 Å². The van der Waals surface area contributed by atoms with Crippen molar-refractivity contribution >= 4 is 34.1 Å². The van der Waals surface area contributed by atoms with Gasteiger partial charge in [-0.15, -0.1) is 12.4 Å². The topological polar surface area (TPSA) is 86.8 Å². The van der Waals surface area contributed by atoms with Gasteiger partial charge in [-0.3, -0.25) is 9.59 Å². The van der Waals surface area contributed by atoms with Crippen LogP contribution in [0.4, 0.5) is 0 Å². The van der Waals surface area contributed by atoms with Gasteiger partial charge in [0, 0.05) is 31.8 Å². The lowest BCUT2D eigenvalue weighted by atomic mass is 9.77. The van der Waals surface area contributed by atoms with Crippen LogP contribution in [0.15, 0.2) is 59.5 Å². The first-order valence-corrected chi connectivity index (χ1v) is 16.3. The van der Waals surface area contributed by atoms with Crippen LogP contribution in [0.2, 0.25) is 0 Å². The van der Waals surface area contributed by atoms with E-state index in [4.69, 9.17) is 0 Å². The van der Waals surface area contributed by atoms with E-state index in [-0.39, 0.29) is 41.6 Å². The predicted molar refractivity (Wildman–Crippen MR) is 159 cm³/mol. The smallest absolute Gasteiger partial charge is 0.229 e. The summed E-state index contributed by atoms with van der Waals surface area (Å²) < 4.78 is 23.5. The maximum atomic E-state index is 13.5. The third kappa shape index (κ3) is 7.07. The van der Waals surface area contributed by atoms with Crippen molar-refractivity contribution in [2.75, 3.05) is 32.4 Å². The molecule has 1 aliphatic carbocycles. The van der Waals surface area contributed by atoms with Crippen molar-refractivity contribution in [3.63, 3.8) is 0 Å². The first-order chi connectivity index (χ1) is 18.7. The molecule has 2 aromatic carbocycles. The van der Waals surface area contributed by atoms with Crippen LogP contribution in [0.3, 0.4) is 0 Å². The third-order valence-corrected chi connectivity index (χ3v) is 10.2. The number of amides is 2. The van der Waals surface area contributed by atoms with Gasteiger partial charge in [0.2, 0.25) is 11.8 Å². The van der Waals surface area contributed by atoms with Gasteiger partial charge in [-0.25, -0.2) is 8.42 Å². The highest BCUT2D eigenvalue weighted by molar-refractivity contribution is 7.90. The Balaban J connectivity index is 0.00000370. The molecule has 0 aromatic heterocycles. The minimum Gasteiger partial charge on any atom is -0.349 e. The number of carbonyl (C=O) groups excluding carboxylic acids is 2. The number of nitrogens with zero attached hydrogens (tertiary/aromatic N) is 2. The maximum absolute atomic E-state index is 13.5. The van der Waals surface area contributed by atoms with Crippen molar-refractivity contribution < 1.29 is 18.0 Å². The zero-order chi connectivity index (χ0) is 27.5. The van der Waals surface area contributed by atoms with Gasteiger partial charge < -0.3 is 15.1 Å². The van der Waals surface area contributed by atoms with Gasteiger partial charge in [-0.1, -0.05) is 55.3 Å². The van der Waals surface area contributed by atoms with E-state index in [9.17, 15) is 18.0 Å². The number of hydrogen-bond donors (Lipinski definition) is 1. The Bertz CT molecular complexity index is 1260. The Morgan fingerprint density at radius 3 is 2.23 bits per heavy atom. The average Bonchev–Trinajstić information content (AvgIpc) is 3.58. The van der Waals surface area contributed by atoms with Gasteiger partial charge >= 0.3 is 0 Å². The van der Waals surface area contributed by atoms with Crippen LogP contribution < -0.4 is 5.32 Å². The molecule has 2 saturated heterocycles. The molecule has 218 valence electrons. The highest BCUT2D eigenvalue weighted by Crippen LogP contribution is 2.42. The first-order valence-electron chi connectivity index (χ1n) is 14.4. The number of piperidine rings is 1. The lowest BCUT2D eigenvalue weighted by Gasteiger charge is -2.38. The molecule has 3 aliphatic rings. The number of rotatable bonds is 9. The number of benzene rings is 2. The Hall–Kier alpha value is -2.42. The van der Waals surface area contributed by atoms with Crippen LogP contribution in [0.25, 0.3) is 0 Å². The molecule has 7 nitrogen and oxygen atoms in total. The Kier molecular flexibility index (Phi) is 9.96. The van der Waals surface area contributed by atoms with Crippen molar-refractivity contribution in [2.24, 2.45) is 11.3 Å². The van der Waals surface area contributed by atoms with E-state index in [1.807, 2.05) is 35.2 Å². The minimum atomic E-state index is -3.23. The fourth-order valence-corrected chi connectivity index (χ4v) is 7.20. The van der Waals surface area contributed by atoms with E-state index < -0.39 is 9.84 Å². The van der Waals surface area contributed by atoms with E-state index >= 15 is 0 Å². The van der Waals surface area contributed by atoms with Crippen molar-refractivity contribution in [2.45, 2.75) is 68.8 Å². The summed E-state index contributed by atoms with van der Waals surface area (Å²) in [5.74, 6) is 0.585. The van der Waals surface area contributed by atoms with Crippen molar-refractivity contribution in [3.8, 4) is 0 Å². The molecule has 1 saturated carbocycles. The van der Waals surface area contributed by atoms with Crippen LogP contribution in [-0.4, -0.2) is 62.5 Å². The van der Waals surface area contributed by atoms with E-state index in [0.717, 1.165) is 88.7 Å². The summed E-state index contributed by atoms with van der Waals surface area (Å²) in [5.41, 5.74) is 1.83. The number of sulfone groups is 1. The summed E-state index contributed by atoms with van der Waals surface area (Å²) in [4.78, 5) is 31.1. The fraction of sp³-hybridized carbons (Fsp3) is 0.548. The van der Waals surface area contributed by atoms with Crippen LogP contribution in [0, 0.1) is 11.3 Å². The molecule has 5 rings (SSSR count). The molecule has 0 radical (unpaired) electrons. The summed E-state index contributed by atoms with van der Waals surface area (Å²) in [7, 11) is -3.23. The number of halogens is 1. The molecule has 0 bridgehead atoms. The molecular weight excluding hydrogens is 546 g/mol. The summed E-state index contributed by atoms with van der Waals surface area (Å²) in [6.45, 7) is 3.94. The first kappa shape index (κ1) is 30.5. The summed E-state index contributed by atoms with van der Waals surface area (Å²) in [5, 5.41) is 3.35. The lowest BCUT2D eigenvalue weighted by Crippen LogP contribution is -2.45. The third-order valence-electron chi connectivity index (χ3n) is 9.12. The van der Waals surface area contributed by atoms with Gasteiger partial charge in [-0.05, 0) is 74.9 Å². The highest BCUT2D eigenvalue weighted by Gasteiger charge is 2.47. The Morgan fingerprint density at radius 1 is 0.975 bits per heavy atom. The lowest BCUT2D eigenvalue weighted by molar-refractivity contribution is -0.139. The number of carbonyl (C=O) groups is 2. The largest absolute Gasteiger partial charge is 0.349 e. The van der Waals surface area contributed by atoms with Gasteiger partial charge in [0.25, 0.3) is 0 Å². The quantitative estimate of drug-likeness (QED) is 0.457. The summed E-state index contributed by atoms with van der Waals surface area (Å²) in [6.07, 6.45) is 8.96. The molecule has 1 spiro atoms. The van der Waals surface area contributed by atoms with E-state index in [0.29, 0.717) is 11.4 Å². The zero-order valence-corrected chi connectivity index (χ0v) is 25.0. The van der Waals surface area contributed by atoms with Crippen molar-refractivity contribution in [3.05, 3.63) is 65.7 Å². The van der Waals surface area contributed by atoms with E-state index in [1.165, 1.54) is 6.26 Å². The van der Waals surface area contributed by atoms with E-state index in [2.05, 4.69) is 22.3 Å². The summed E-state index contributed by atoms with van der Waals surface area (Å²) >= 11 is 0. The molecule has 1 atom stereocenters. The van der Waals surface area contributed by atoms with Gasteiger partial charge in [0.05, 0.1) is 16.4 Å². The molecule has 2 aliphatic heterocycles. The standard InChI is InChI=1S/C31H41N3O4S.ClH/c1-39(37,38)27-13-11-24(12-14-27)23-34-22-18-31(30(34)36)16-20-33(21-17-31)19-15-28(25-7-3-2-4-8-25)32-29(35)26-9-5-6-10-26;/h2-4,7-8,11-14,26,28H,5-6,9-10,15-23H2,1H3,(H,32,35);1H. The van der Waals surface area contributed by atoms with Gasteiger partial charge in [-0.2, -0.15) is 0 Å². The SMILES string of the molecule is CS(=O)(=O)c1ccc(CN2CCC3(CCN(CCC(NC(=O)C4CCCC4)c4ccccc4)CC3)C2=O)cc1.Cl. The highest BCUT2D eigenvalue weighted by atomic mass is 35.5. The van der Waals surface area contributed by atoms with Crippen molar-refractivity contribution in [1.82, 2.24) is 15.1 Å². The van der Waals surface area contributed by atoms with E-state index in [1.54, 1.807) is 12.1 Å². The number of nitrogens with one attached hydrogen (secondary N) is 1.